The maximum Gasteiger partial charge on any atom is 0.224 e. The summed E-state index contributed by atoms with van der Waals surface area (Å²) in [7, 11) is 3.22. The summed E-state index contributed by atoms with van der Waals surface area (Å²) in [5.74, 6) is 1.45. The van der Waals surface area contributed by atoms with Crippen molar-refractivity contribution in [1.29, 1.82) is 0 Å². The standard InChI is InChI=1S/C13H17N3O2S/c1-4-7-14-13(19)16-15-9-10-5-6-11(17-2)8-12(10)18-3/h4-6,8-9H,1,7H2,2-3H3,(H2,14,16,19)/p+1. The number of methoxy groups -OCH3 is 2. The minimum absolute atomic E-state index is 0.489. The van der Waals surface area contributed by atoms with Gasteiger partial charge in [-0.05, 0) is 24.4 Å². The summed E-state index contributed by atoms with van der Waals surface area (Å²) in [5, 5.41) is 6.31. The fourth-order valence-corrected chi connectivity index (χ4v) is 1.47. The largest absolute Gasteiger partial charge is 0.497 e. The van der Waals surface area contributed by atoms with Gasteiger partial charge in [-0.25, -0.2) is 0 Å². The van der Waals surface area contributed by atoms with Crippen LogP contribution in [-0.4, -0.2) is 32.1 Å². The molecule has 3 N–H and O–H groups in total. The highest BCUT2D eigenvalue weighted by atomic mass is 32.1. The van der Waals surface area contributed by atoms with Gasteiger partial charge >= 0.3 is 0 Å². The topological polar surface area (TPSA) is 56.5 Å². The lowest BCUT2D eigenvalue weighted by Crippen LogP contribution is -2.82. The third-order valence-electron chi connectivity index (χ3n) is 2.26. The maximum atomic E-state index is 5.27. The number of rotatable bonds is 6. The van der Waals surface area contributed by atoms with Crippen LogP contribution in [0, 0.1) is 0 Å². The van der Waals surface area contributed by atoms with E-state index in [9.17, 15) is 0 Å². The van der Waals surface area contributed by atoms with Gasteiger partial charge in [-0.2, -0.15) is 0 Å². The molecular formula is C13H18N3O2S+. The molecule has 19 heavy (non-hydrogen) atoms. The molecule has 0 aliphatic heterocycles. The number of ether oxygens (including phenoxy) is 2. The first kappa shape index (κ1) is 15.0. The van der Waals surface area contributed by atoms with Crippen LogP contribution < -0.4 is 25.3 Å². The molecule has 0 spiro atoms. The predicted molar refractivity (Wildman–Crippen MR) is 79.6 cm³/mol. The Morgan fingerprint density at radius 2 is 2.21 bits per heavy atom. The number of hydrogen-bond donors (Lipinski definition) is 3. The lowest BCUT2D eigenvalue weighted by atomic mass is 10.2. The molecule has 0 heterocycles. The second-order valence-corrected chi connectivity index (χ2v) is 3.93. The van der Waals surface area contributed by atoms with Crippen molar-refractivity contribution in [1.82, 2.24) is 10.7 Å². The fourth-order valence-electron chi connectivity index (χ4n) is 1.33. The Hall–Kier alpha value is -2.08. The Kier molecular flexibility index (Phi) is 6.38. The van der Waals surface area contributed by atoms with Gasteiger partial charge in [-0.3, -0.25) is 0 Å². The van der Waals surface area contributed by atoms with Crippen LogP contribution in [0.25, 0.3) is 0 Å². The van der Waals surface area contributed by atoms with Gasteiger partial charge in [-0.15, -0.1) is 17.1 Å². The highest BCUT2D eigenvalue weighted by molar-refractivity contribution is 7.80. The molecule has 0 amide bonds. The van der Waals surface area contributed by atoms with E-state index in [1.165, 1.54) is 0 Å². The monoisotopic (exact) mass is 280 g/mol. The van der Waals surface area contributed by atoms with E-state index >= 15 is 0 Å². The molecule has 1 aromatic rings. The van der Waals surface area contributed by atoms with Crippen LogP contribution in [0.4, 0.5) is 0 Å². The molecular weight excluding hydrogens is 262 g/mol. The molecule has 1 aromatic carbocycles. The number of thiocarbonyl (C=S) groups is 1. The van der Waals surface area contributed by atoms with Crippen molar-refractivity contribution in [3.05, 3.63) is 36.4 Å². The zero-order valence-electron chi connectivity index (χ0n) is 11.0. The highest BCUT2D eigenvalue weighted by Crippen LogP contribution is 2.22. The van der Waals surface area contributed by atoms with Crippen molar-refractivity contribution in [3.63, 3.8) is 0 Å². The van der Waals surface area contributed by atoms with Crippen LogP contribution in [0.15, 0.2) is 30.9 Å². The summed E-state index contributed by atoms with van der Waals surface area (Å²) < 4.78 is 10.4. The first-order chi connectivity index (χ1) is 9.21. The van der Waals surface area contributed by atoms with Crippen LogP contribution >= 0.6 is 12.2 Å². The van der Waals surface area contributed by atoms with Crippen molar-refractivity contribution in [2.75, 3.05) is 20.8 Å². The van der Waals surface area contributed by atoms with Gasteiger partial charge < -0.3 is 14.8 Å². The van der Waals surface area contributed by atoms with Crippen molar-refractivity contribution >= 4 is 23.5 Å². The van der Waals surface area contributed by atoms with Gasteiger partial charge in [0.05, 0.1) is 19.8 Å². The van der Waals surface area contributed by atoms with E-state index in [0.717, 1.165) is 11.3 Å². The average molecular weight is 280 g/mol. The van der Waals surface area contributed by atoms with Gasteiger partial charge in [0.1, 0.15) is 11.5 Å². The first-order valence-corrected chi connectivity index (χ1v) is 6.07. The predicted octanol–water partition coefficient (Wildman–Crippen LogP) is -0.232. The Labute approximate surface area is 118 Å². The van der Waals surface area contributed by atoms with E-state index in [1.807, 2.05) is 18.2 Å². The van der Waals surface area contributed by atoms with Crippen LogP contribution in [0.5, 0.6) is 11.5 Å². The van der Waals surface area contributed by atoms with Gasteiger partial charge in [-0.1, -0.05) is 6.08 Å². The number of hydrazone groups is 1. The first-order valence-electron chi connectivity index (χ1n) is 5.66. The van der Waals surface area contributed by atoms with Crippen LogP contribution in [0.1, 0.15) is 5.56 Å². The summed E-state index contributed by atoms with van der Waals surface area (Å²) in [6, 6.07) is 5.54. The van der Waals surface area contributed by atoms with Gasteiger partial charge in [0.2, 0.25) is 11.3 Å². The third-order valence-corrected chi connectivity index (χ3v) is 2.51. The Morgan fingerprint density at radius 3 is 2.84 bits per heavy atom. The number of hydrazine groups is 1. The van der Waals surface area contributed by atoms with Crippen molar-refractivity contribution in [3.8, 4) is 11.5 Å². The molecule has 6 heteroatoms. The van der Waals surface area contributed by atoms with Gasteiger partial charge in [0.25, 0.3) is 0 Å². The number of nitrogens with one attached hydrogen (secondary N) is 3. The van der Waals surface area contributed by atoms with Crippen LogP contribution in [0.2, 0.25) is 0 Å². The second-order valence-electron chi connectivity index (χ2n) is 3.52. The molecule has 0 fully saturated rings. The molecule has 0 radical (unpaired) electrons. The molecule has 0 unspecified atom stereocenters. The molecule has 5 nitrogen and oxygen atoms in total. The summed E-state index contributed by atoms with van der Waals surface area (Å²) >= 11 is 5.03. The van der Waals surface area contributed by atoms with E-state index in [1.54, 1.807) is 26.5 Å². The smallest absolute Gasteiger partial charge is 0.224 e. The summed E-state index contributed by atoms with van der Waals surface area (Å²) in [6.07, 6.45) is 3.48. The maximum absolute atomic E-state index is 5.27. The molecule has 0 bridgehead atoms. The van der Waals surface area contributed by atoms with Crippen molar-refractivity contribution in [2.24, 2.45) is 0 Å². The van der Waals surface area contributed by atoms with E-state index in [4.69, 9.17) is 21.7 Å². The number of benzene rings is 1. The average Bonchev–Trinajstić information content (AvgIpc) is 2.45. The summed E-state index contributed by atoms with van der Waals surface area (Å²) in [4.78, 5) is 0. The molecule has 102 valence electrons. The van der Waals surface area contributed by atoms with Gasteiger partial charge in [0, 0.05) is 12.6 Å². The molecule has 0 atom stereocenters. The SMILES string of the molecule is C=CCNC(=S)N[NH+]=Cc1ccc(OC)cc1OC. The molecule has 0 saturated carbocycles. The minimum atomic E-state index is 0.489. The van der Waals surface area contributed by atoms with Crippen LogP contribution in [-0.2, 0) is 0 Å². The zero-order chi connectivity index (χ0) is 14.1. The molecule has 0 saturated heterocycles. The quantitative estimate of drug-likeness (QED) is 0.291. The zero-order valence-corrected chi connectivity index (χ0v) is 11.8. The van der Waals surface area contributed by atoms with E-state index in [2.05, 4.69) is 22.4 Å². The Balaban J connectivity index is 2.65. The van der Waals surface area contributed by atoms with Crippen molar-refractivity contribution in [2.45, 2.75) is 0 Å². The van der Waals surface area contributed by atoms with Crippen LogP contribution in [0.3, 0.4) is 0 Å². The van der Waals surface area contributed by atoms with E-state index < -0.39 is 0 Å². The molecule has 0 aromatic heterocycles. The highest BCUT2D eigenvalue weighted by Gasteiger charge is 2.05. The lowest BCUT2D eigenvalue weighted by molar-refractivity contribution is -0.500. The van der Waals surface area contributed by atoms with E-state index in [0.29, 0.717) is 17.4 Å². The molecule has 1 rings (SSSR count). The summed E-state index contributed by atoms with van der Waals surface area (Å²) in [6.45, 7) is 4.20. The number of hydrogen-bond acceptors (Lipinski definition) is 3. The normalized spacial score (nSPS) is 10.0. The molecule has 0 aliphatic carbocycles. The third kappa shape index (κ3) is 4.97. The lowest BCUT2D eigenvalue weighted by Gasteiger charge is -2.05. The molecule has 0 aliphatic rings. The fraction of sp³-hybridized carbons (Fsp3) is 0.231. The van der Waals surface area contributed by atoms with E-state index in [-0.39, 0.29) is 0 Å². The second kappa shape index (κ2) is 8.10. The Morgan fingerprint density at radius 1 is 1.42 bits per heavy atom. The van der Waals surface area contributed by atoms with Crippen molar-refractivity contribution < 1.29 is 14.6 Å². The Bertz CT molecular complexity index is 475. The minimum Gasteiger partial charge on any atom is -0.497 e. The van der Waals surface area contributed by atoms with Gasteiger partial charge in [0.15, 0.2) is 0 Å². The summed E-state index contributed by atoms with van der Waals surface area (Å²) in [5.41, 5.74) is 3.70.